The number of amides is 1. The molecule has 26 heavy (non-hydrogen) atoms. The van der Waals surface area contributed by atoms with Crippen LogP contribution in [0.4, 0.5) is 0 Å². The topological polar surface area (TPSA) is 37.7 Å². The van der Waals surface area contributed by atoms with E-state index in [9.17, 15) is 4.79 Å². The van der Waals surface area contributed by atoms with Gasteiger partial charge in [-0.3, -0.25) is 9.69 Å². The van der Waals surface area contributed by atoms with Crippen LogP contribution < -0.4 is 4.74 Å². The van der Waals surface area contributed by atoms with Crippen molar-refractivity contribution < 1.29 is 9.53 Å². The Morgan fingerprint density at radius 1 is 0.923 bits per heavy atom. The summed E-state index contributed by atoms with van der Waals surface area (Å²) < 4.78 is 7.51. The average Bonchev–Trinajstić information content (AvgIpc) is 2.98. The average molecular weight is 378 g/mol. The number of hydrogen-bond acceptors (Lipinski definition) is 3. The largest absolute Gasteiger partial charge is 0.497 e. The van der Waals surface area contributed by atoms with Crippen LogP contribution in [-0.2, 0) is 6.54 Å². The number of carbonyl (C=O) groups is 1. The summed E-state index contributed by atoms with van der Waals surface area (Å²) in [6.45, 7) is 9.78. The zero-order chi connectivity index (χ0) is 17.8. The zero-order valence-electron chi connectivity index (χ0n) is 15.8. The second kappa shape index (κ2) is 9.10. The first-order chi connectivity index (χ1) is 12.1. The van der Waals surface area contributed by atoms with E-state index in [1.165, 1.54) is 11.4 Å². The molecule has 6 heteroatoms. The predicted molar refractivity (Wildman–Crippen MR) is 106 cm³/mol. The predicted octanol–water partition coefficient (Wildman–Crippen LogP) is 2.99. The Labute approximate surface area is 161 Å². The van der Waals surface area contributed by atoms with Crippen LogP contribution >= 0.6 is 12.4 Å². The van der Waals surface area contributed by atoms with E-state index in [0.29, 0.717) is 0 Å². The number of nitrogens with zero attached hydrogens (tertiary/aromatic N) is 3. The molecule has 2 aromatic rings. The van der Waals surface area contributed by atoms with Crippen LogP contribution in [0.15, 0.2) is 36.4 Å². The minimum atomic E-state index is 0. The van der Waals surface area contributed by atoms with Gasteiger partial charge < -0.3 is 14.2 Å². The van der Waals surface area contributed by atoms with Crippen LogP contribution in [0, 0.1) is 13.8 Å². The molecule has 1 amide bonds. The molecule has 0 spiro atoms. The lowest BCUT2D eigenvalue weighted by atomic mass is 10.1. The highest BCUT2D eigenvalue weighted by atomic mass is 35.5. The summed E-state index contributed by atoms with van der Waals surface area (Å²) >= 11 is 0. The van der Waals surface area contributed by atoms with Gasteiger partial charge in [-0.25, -0.2) is 0 Å². The summed E-state index contributed by atoms with van der Waals surface area (Å²) in [5.74, 6) is 0.886. The molecule has 2 heterocycles. The summed E-state index contributed by atoms with van der Waals surface area (Å²) in [6.07, 6.45) is 0. The Kier molecular flexibility index (Phi) is 7.12. The highest BCUT2D eigenvalue weighted by Crippen LogP contribution is 2.14. The lowest BCUT2D eigenvalue weighted by molar-refractivity contribution is 0.0633. The number of benzene rings is 1. The summed E-state index contributed by atoms with van der Waals surface area (Å²) in [7, 11) is 1.63. The Bertz CT molecular complexity index is 700. The van der Waals surface area contributed by atoms with Crippen molar-refractivity contribution in [2.45, 2.75) is 20.4 Å². The number of carbonyl (C=O) groups excluding carboxylic acids is 1. The highest BCUT2D eigenvalue weighted by molar-refractivity contribution is 5.94. The third-order valence-electron chi connectivity index (χ3n) is 5.05. The van der Waals surface area contributed by atoms with Crippen LogP contribution in [0.3, 0.4) is 0 Å². The van der Waals surface area contributed by atoms with Crippen LogP contribution in [-0.4, -0.2) is 60.1 Å². The number of hydrogen-bond donors (Lipinski definition) is 0. The van der Waals surface area contributed by atoms with Gasteiger partial charge in [0.25, 0.3) is 5.91 Å². The molecule has 1 fully saturated rings. The normalized spacial score (nSPS) is 14.8. The molecule has 0 N–H and O–H groups in total. The van der Waals surface area contributed by atoms with Crippen molar-refractivity contribution in [3.05, 3.63) is 53.3 Å². The quantitative estimate of drug-likeness (QED) is 0.803. The minimum Gasteiger partial charge on any atom is -0.497 e. The second-order valence-corrected chi connectivity index (χ2v) is 6.63. The number of aromatic nitrogens is 1. The fourth-order valence-corrected chi connectivity index (χ4v) is 3.38. The highest BCUT2D eigenvalue weighted by Gasteiger charge is 2.22. The van der Waals surface area contributed by atoms with Gasteiger partial charge in [0.15, 0.2) is 0 Å². The van der Waals surface area contributed by atoms with E-state index in [1.54, 1.807) is 7.11 Å². The molecule has 1 saturated heterocycles. The molecule has 3 rings (SSSR count). The molecule has 0 unspecified atom stereocenters. The first-order valence-electron chi connectivity index (χ1n) is 8.87. The van der Waals surface area contributed by atoms with Gasteiger partial charge in [0.2, 0.25) is 0 Å². The fourth-order valence-electron chi connectivity index (χ4n) is 3.38. The molecule has 0 bridgehead atoms. The zero-order valence-corrected chi connectivity index (χ0v) is 16.6. The number of aryl methyl sites for hydroxylation is 2. The molecule has 0 atom stereocenters. The maximum absolute atomic E-state index is 12.6. The van der Waals surface area contributed by atoms with E-state index < -0.39 is 0 Å². The Balaban J connectivity index is 0.00000243. The van der Waals surface area contributed by atoms with E-state index in [2.05, 4.69) is 35.4 Å². The third kappa shape index (κ3) is 4.59. The lowest BCUT2D eigenvalue weighted by Gasteiger charge is -2.35. The van der Waals surface area contributed by atoms with Crippen molar-refractivity contribution >= 4 is 18.3 Å². The first kappa shape index (κ1) is 20.3. The van der Waals surface area contributed by atoms with Gasteiger partial charge in [-0.1, -0.05) is 0 Å². The van der Waals surface area contributed by atoms with Gasteiger partial charge in [-0.2, -0.15) is 0 Å². The Hall–Kier alpha value is -1.98. The molecule has 1 aliphatic heterocycles. The molecular weight excluding hydrogens is 350 g/mol. The van der Waals surface area contributed by atoms with Gasteiger partial charge >= 0.3 is 0 Å². The standard InChI is InChI=1S/C20H27N3O2.ClH/c1-16-4-5-17(2)23(16)15-12-21-10-13-22(14-11-21)20(24)18-6-8-19(25-3)9-7-18;/h4-9H,10-15H2,1-3H3;1H. The van der Waals surface area contributed by atoms with Gasteiger partial charge in [0.1, 0.15) is 5.75 Å². The molecule has 1 aromatic heterocycles. The van der Waals surface area contributed by atoms with Crippen molar-refractivity contribution in [1.29, 1.82) is 0 Å². The SMILES string of the molecule is COc1ccc(C(=O)N2CCN(CCn3c(C)ccc3C)CC2)cc1.Cl. The Morgan fingerprint density at radius 2 is 1.50 bits per heavy atom. The molecular formula is C20H28ClN3O2. The summed E-state index contributed by atoms with van der Waals surface area (Å²) in [6, 6.07) is 11.7. The van der Waals surface area contributed by atoms with Crippen LogP contribution in [0.1, 0.15) is 21.7 Å². The molecule has 1 aromatic carbocycles. The maximum Gasteiger partial charge on any atom is 0.253 e. The number of halogens is 1. The number of methoxy groups -OCH3 is 1. The van der Waals surface area contributed by atoms with Crippen molar-refractivity contribution in [2.24, 2.45) is 0 Å². The van der Waals surface area contributed by atoms with E-state index in [0.717, 1.165) is 50.6 Å². The van der Waals surface area contributed by atoms with Crippen molar-refractivity contribution in [3.63, 3.8) is 0 Å². The van der Waals surface area contributed by atoms with Crippen molar-refractivity contribution in [2.75, 3.05) is 39.8 Å². The van der Waals surface area contributed by atoms with Gasteiger partial charge in [-0.05, 0) is 50.2 Å². The van der Waals surface area contributed by atoms with E-state index in [1.807, 2.05) is 29.2 Å². The summed E-state index contributed by atoms with van der Waals surface area (Å²) in [4.78, 5) is 17.0. The van der Waals surface area contributed by atoms with E-state index in [4.69, 9.17) is 4.74 Å². The van der Waals surface area contributed by atoms with Gasteiger partial charge in [-0.15, -0.1) is 12.4 Å². The summed E-state index contributed by atoms with van der Waals surface area (Å²) in [5.41, 5.74) is 3.35. The third-order valence-corrected chi connectivity index (χ3v) is 5.05. The van der Waals surface area contributed by atoms with Crippen molar-refractivity contribution in [1.82, 2.24) is 14.4 Å². The van der Waals surface area contributed by atoms with E-state index >= 15 is 0 Å². The fraction of sp³-hybridized carbons (Fsp3) is 0.450. The monoisotopic (exact) mass is 377 g/mol. The molecule has 1 aliphatic rings. The van der Waals surface area contributed by atoms with Crippen molar-refractivity contribution in [3.8, 4) is 5.75 Å². The number of rotatable bonds is 5. The first-order valence-corrected chi connectivity index (χ1v) is 8.87. The Morgan fingerprint density at radius 3 is 2.04 bits per heavy atom. The van der Waals surface area contributed by atoms with E-state index in [-0.39, 0.29) is 18.3 Å². The molecule has 0 aliphatic carbocycles. The second-order valence-electron chi connectivity index (χ2n) is 6.63. The molecule has 5 nitrogen and oxygen atoms in total. The van der Waals surface area contributed by atoms with Gasteiger partial charge in [0, 0.05) is 56.2 Å². The van der Waals surface area contributed by atoms with Crippen LogP contribution in [0.25, 0.3) is 0 Å². The minimum absolute atomic E-state index is 0. The lowest BCUT2D eigenvalue weighted by Crippen LogP contribution is -2.49. The molecule has 142 valence electrons. The van der Waals surface area contributed by atoms with Gasteiger partial charge in [0.05, 0.1) is 7.11 Å². The number of piperazine rings is 1. The molecule has 0 saturated carbocycles. The molecule has 0 radical (unpaired) electrons. The summed E-state index contributed by atoms with van der Waals surface area (Å²) in [5, 5.41) is 0. The van der Waals surface area contributed by atoms with Crippen LogP contribution in [0.5, 0.6) is 5.75 Å². The number of ether oxygens (including phenoxy) is 1. The maximum atomic E-state index is 12.6. The van der Waals surface area contributed by atoms with Crippen LogP contribution in [0.2, 0.25) is 0 Å². The smallest absolute Gasteiger partial charge is 0.253 e.